The molecule has 2 aromatic carbocycles. The fourth-order valence-corrected chi connectivity index (χ4v) is 1.46. The van der Waals surface area contributed by atoms with Crippen LogP contribution in [0.3, 0.4) is 0 Å². The Morgan fingerprint density at radius 3 is 1.94 bits per heavy atom. The van der Waals surface area contributed by atoms with Gasteiger partial charge in [0, 0.05) is 5.56 Å². The van der Waals surface area contributed by atoms with Gasteiger partial charge in [-0.15, -0.1) is 0 Å². The number of ether oxygens (including phenoxy) is 1. The van der Waals surface area contributed by atoms with Crippen molar-refractivity contribution < 1.29 is 19.7 Å². The second-order valence-corrected chi connectivity index (χ2v) is 3.74. The van der Waals surface area contributed by atoms with E-state index in [4.69, 9.17) is 4.74 Å². The zero-order chi connectivity index (χ0) is 13.0. The van der Waals surface area contributed by atoms with Gasteiger partial charge in [0.25, 0.3) is 5.79 Å². The minimum absolute atomic E-state index is 0.0610. The predicted molar refractivity (Wildman–Crippen MR) is 64.6 cm³/mol. The molecule has 18 heavy (non-hydrogen) atoms. The van der Waals surface area contributed by atoms with Crippen LogP contribution in [0.15, 0.2) is 60.7 Å². The Kier molecular flexibility index (Phi) is 3.41. The first kappa shape index (κ1) is 12.3. The highest BCUT2D eigenvalue weighted by atomic mass is 16.6. The standard InChI is InChI=1S/C14H12O4/c15-13(18-12-9-5-2-6-10-12)14(16,17)11-7-3-1-4-8-11/h1-10,16-17H. The van der Waals surface area contributed by atoms with Gasteiger partial charge in [0.05, 0.1) is 0 Å². The lowest BCUT2D eigenvalue weighted by atomic mass is 10.1. The first-order chi connectivity index (χ1) is 8.60. The molecule has 0 saturated heterocycles. The van der Waals surface area contributed by atoms with Gasteiger partial charge in [-0.2, -0.15) is 0 Å². The SMILES string of the molecule is O=C(Oc1ccccc1)C(O)(O)c1ccccc1. The molecule has 0 radical (unpaired) electrons. The minimum atomic E-state index is -2.66. The van der Waals surface area contributed by atoms with E-state index in [1.807, 2.05) is 0 Å². The monoisotopic (exact) mass is 244 g/mol. The molecule has 0 fully saturated rings. The highest BCUT2D eigenvalue weighted by Gasteiger charge is 2.37. The van der Waals surface area contributed by atoms with E-state index >= 15 is 0 Å². The van der Waals surface area contributed by atoms with Crippen LogP contribution in [0.1, 0.15) is 5.56 Å². The van der Waals surface area contributed by atoms with Crippen LogP contribution in [0.25, 0.3) is 0 Å². The lowest BCUT2D eigenvalue weighted by Crippen LogP contribution is -2.38. The molecule has 2 aromatic rings. The van der Waals surface area contributed by atoms with Crippen LogP contribution < -0.4 is 4.74 Å². The molecule has 0 unspecified atom stereocenters. The molecule has 0 aliphatic heterocycles. The van der Waals surface area contributed by atoms with Crippen LogP contribution in [-0.2, 0) is 10.6 Å². The number of carbonyl (C=O) groups excluding carboxylic acids is 1. The molecule has 0 amide bonds. The van der Waals surface area contributed by atoms with Gasteiger partial charge in [-0.25, -0.2) is 4.79 Å². The molecule has 2 rings (SSSR count). The molecule has 0 aliphatic carbocycles. The van der Waals surface area contributed by atoms with Gasteiger partial charge in [0.2, 0.25) is 0 Å². The van der Waals surface area contributed by atoms with Crippen molar-refractivity contribution >= 4 is 5.97 Å². The van der Waals surface area contributed by atoms with Gasteiger partial charge in [-0.1, -0.05) is 48.5 Å². The van der Waals surface area contributed by atoms with E-state index in [9.17, 15) is 15.0 Å². The number of hydrogen-bond acceptors (Lipinski definition) is 4. The summed E-state index contributed by atoms with van der Waals surface area (Å²) in [6, 6.07) is 16.0. The summed E-state index contributed by atoms with van der Waals surface area (Å²) in [7, 11) is 0. The highest BCUT2D eigenvalue weighted by Crippen LogP contribution is 2.21. The number of carbonyl (C=O) groups is 1. The zero-order valence-electron chi connectivity index (χ0n) is 9.48. The average Bonchev–Trinajstić information content (AvgIpc) is 2.41. The summed E-state index contributed by atoms with van der Waals surface area (Å²) < 4.78 is 4.89. The van der Waals surface area contributed by atoms with Gasteiger partial charge in [0.1, 0.15) is 5.75 Å². The molecule has 92 valence electrons. The van der Waals surface area contributed by atoms with Crippen molar-refractivity contribution in [3.63, 3.8) is 0 Å². The van der Waals surface area contributed by atoms with Crippen molar-refractivity contribution in [2.24, 2.45) is 0 Å². The highest BCUT2D eigenvalue weighted by molar-refractivity contribution is 5.81. The van der Waals surface area contributed by atoms with Gasteiger partial charge in [-0.3, -0.25) is 0 Å². The molecular formula is C14H12O4. The summed E-state index contributed by atoms with van der Waals surface area (Å²) in [6.45, 7) is 0. The van der Waals surface area contributed by atoms with Crippen LogP contribution in [0.4, 0.5) is 0 Å². The smallest absolute Gasteiger partial charge is 0.377 e. The van der Waals surface area contributed by atoms with E-state index in [1.165, 1.54) is 12.1 Å². The lowest BCUT2D eigenvalue weighted by Gasteiger charge is -2.19. The molecular weight excluding hydrogens is 232 g/mol. The molecule has 0 aliphatic rings. The van der Waals surface area contributed by atoms with Crippen molar-refractivity contribution in [2.75, 3.05) is 0 Å². The average molecular weight is 244 g/mol. The van der Waals surface area contributed by atoms with Crippen LogP contribution in [0.2, 0.25) is 0 Å². The Morgan fingerprint density at radius 1 is 0.889 bits per heavy atom. The third kappa shape index (κ3) is 2.56. The van der Waals surface area contributed by atoms with Crippen LogP contribution in [0, 0.1) is 0 Å². The summed E-state index contributed by atoms with van der Waals surface area (Å²) in [6.07, 6.45) is 0. The predicted octanol–water partition coefficient (Wildman–Crippen LogP) is 1.43. The maximum Gasteiger partial charge on any atom is 0.377 e. The normalized spacial score (nSPS) is 11.0. The number of hydrogen-bond donors (Lipinski definition) is 2. The van der Waals surface area contributed by atoms with Crippen molar-refractivity contribution in [2.45, 2.75) is 5.79 Å². The molecule has 4 nitrogen and oxygen atoms in total. The van der Waals surface area contributed by atoms with Gasteiger partial charge < -0.3 is 14.9 Å². The molecule has 0 heterocycles. The Hall–Kier alpha value is -2.17. The molecule has 2 N–H and O–H groups in total. The molecule has 0 saturated carbocycles. The Labute approximate surface area is 104 Å². The number of aliphatic hydroxyl groups is 2. The Morgan fingerprint density at radius 2 is 1.39 bits per heavy atom. The second kappa shape index (κ2) is 5.00. The number of benzene rings is 2. The number of para-hydroxylation sites is 1. The number of rotatable bonds is 3. The maximum absolute atomic E-state index is 11.7. The maximum atomic E-state index is 11.7. The second-order valence-electron chi connectivity index (χ2n) is 3.74. The van der Waals surface area contributed by atoms with Crippen molar-refractivity contribution in [3.05, 3.63) is 66.2 Å². The van der Waals surface area contributed by atoms with Gasteiger partial charge >= 0.3 is 5.97 Å². The van der Waals surface area contributed by atoms with E-state index < -0.39 is 11.8 Å². The Bertz CT molecular complexity index is 520. The van der Waals surface area contributed by atoms with E-state index in [2.05, 4.69) is 0 Å². The van der Waals surface area contributed by atoms with Gasteiger partial charge in [-0.05, 0) is 12.1 Å². The first-order valence-corrected chi connectivity index (χ1v) is 5.38. The third-order valence-corrected chi connectivity index (χ3v) is 2.41. The van der Waals surface area contributed by atoms with Crippen LogP contribution in [0.5, 0.6) is 5.75 Å². The molecule has 4 heteroatoms. The largest absolute Gasteiger partial charge is 0.422 e. The third-order valence-electron chi connectivity index (χ3n) is 2.41. The summed E-state index contributed by atoms with van der Waals surface area (Å²) in [5.41, 5.74) is 0.0610. The van der Waals surface area contributed by atoms with Gasteiger partial charge in [0.15, 0.2) is 0 Å². The topological polar surface area (TPSA) is 66.8 Å². The zero-order valence-corrected chi connectivity index (χ0v) is 9.48. The van der Waals surface area contributed by atoms with E-state index in [0.717, 1.165) is 0 Å². The van der Waals surface area contributed by atoms with E-state index in [1.54, 1.807) is 48.5 Å². The summed E-state index contributed by atoms with van der Waals surface area (Å²) >= 11 is 0. The molecule has 0 spiro atoms. The van der Waals surface area contributed by atoms with Crippen molar-refractivity contribution in [1.82, 2.24) is 0 Å². The van der Waals surface area contributed by atoms with Crippen molar-refractivity contribution in [3.8, 4) is 5.75 Å². The van der Waals surface area contributed by atoms with Crippen LogP contribution >= 0.6 is 0 Å². The summed E-state index contributed by atoms with van der Waals surface area (Å²) in [5, 5.41) is 19.6. The van der Waals surface area contributed by atoms with Crippen molar-refractivity contribution in [1.29, 1.82) is 0 Å². The quantitative estimate of drug-likeness (QED) is 0.487. The number of esters is 1. The molecule has 0 aromatic heterocycles. The minimum Gasteiger partial charge on any atom is -0.422 e. The fraction of sp³-hybridized carbons (Fsp3) is 0.0714. The van der Waals surface area contributed by atoms with E-state index in [0.29, 0.717) is 0 Å². The van der Waals surface area contributed by atoms with Crippen LogP contribution in [-0.4, -0.2) is 16.2 Å². The molecule has 0 atom stereocenters. The summed E-state index contributed by atoms with van der Waals surface area (Å²) in [4.78, 5) is 11.7. The summed E-state index contributed by atoms with van der Waals surface area (Å²) in [5.74, 6) is -3.54. The Balaban J connectivity index is 2.18. The molecule has 0 bridgehead atoms. The first-order valence-electron chi connectivity index (χ1n) is 5.38. The van der Waals surface area contributed by atoms with E-state index in [-0.39, 0.29) is 11.3 Å². The lowest BCUT2D eigenvalue weighted by molar-refractivity contribution is -0.204. The fourth-order valence-electron chi connectivity index (χ4n) is 1.46.